The van der Waals surface area contributed by atoms with Crippen molar-refractivity contribution in [1.82, 2.24) is 14.7 Å². The lowest BCUT2D eigenvalue weighted by Gasteiger charge is -2.34. The molecule has 1 saturated carbocycles. The Morgan fingerprint density at radius 2 is 1.76 bits per heavy atom. The molecule has 1 aliphatic carbocycles. The number of hydrogen-bond donors (Lipinski definition) is 0. The Labute approximate surface area is 210 Å². The number of esters is 1. The largest absolute Gasteiger partial charge is 0.467 e. The van der Waals surface area contributed by atoms with Crippen LogP contribution in [0, 0.1) is 5.41 Å². The van der Waals surface area contributed by atoms with E-state index in [1.165, 1.54) is 43.8 Å². The lowest BCUT2D eigenvalue weighted by molar-refractivity contribution is -0.153. The standard InChI is InChI=1S/C24H31Cl2N3O5/c1-33-22(31)20(4-10-27-12-8-24(6-7-24)9-13-27)29-15-14-28(11-5-21(29)30)23(32)34-17-2-3-18(25)19(26)16-17/h2-3,16,20H,4-15H2,1H3. The van der Waals surface area contributed by atoms with Crippen molar-refractivity contribution in [3.63, 3.8) is 0 Å². The van der Waals surface area contributed by atoms with Gasteiger partial charge in [0.1, 0.15) is 11.8 Å². The van der Waals surface area contributed by atoms with Crippen LogP contribution in [0.4, 0.5) is 4.79 Å². The summed E-state index contributed by atoms with van der Waals surface area (Å²) in [6, 6.07) is 3.91. The zero-order valence-corrected chi connectivity index (χ0v) is 20.9. The highest BCUT2D eigenvalue weighted by Crippen LogP contribution is 2.53. The predicted molar refractivity (Wildman–Crippen MR) is 128 cm³/mol. The Kier molecular flexibility index (Phi) is 7.90. The van der Waals surface area contributed by atoms with Crippen LogP contribution in [0.5, 0.6) is 5.75 Å². The summed E-state index contributed by atoms with van der Waals surface area (Å²) in [5, 5.41) is 0.647. The van der Waals surface area contributed by atoms with Gasteiger partial charge in [-0.2, -0.15) is 0 Å². The summed E-state index contributed by atoms with van der Waals surface area (Å²) in [6.45, 7) is 3.51. The maximum Gasteiger partial charge on any atom is 0.415 e. The first-order valence-corrected chi connectivity index (χ1v) is 12.6. The molecule has 0 radical (unpaired) electrons. The molecule has 1 spiro atoms. The van der Waals surface area contributed by atoms with E-state index in [1.54, 1.807) is 17.0 Å². The van der Waals surface area contributed by atoms with Crippen molar-refractivity contribution < 1.29 is 23.9 Å². The normalized spacial score (nSPS) is 21.2. The second-order valence-electron chi connectivity index (χ2n) is 9.44. The SMILES string of the molecule is COC(=O)C(CCN1CCC2(CC1)CC2)N1CCN(C(=O)Oc2ccc(Cl)c(Cl)c2)CCC1=O. The molecule has 1 unspecified atom stereocenters. The molecule has 8 nitrogen and oxygen atoms in total. The fraction of sp³-hybridized carbons (Fsp3) is 0.625. The number of likely N-dealkylation sites (tertiary alicyclic amines) is 1. The Bertz CT molecular complexity index is 929. The van der Waals surface area contributed by atoms with Gasteiger partial charge in [0.05, 0.1) is 17.2 Å². The van der Waals surface area contributed by atoms with Crippen LogP contribution < -0.4 is 4.74 Å². The summed E-state index contributed by atoms with van der Waals surface area (Å²) in [4.78, 5) is 43.6. The van der Waals surface area contributed by atoms with Gasteiger partial charge in [0.25, 0.3) is 0 Å². The summed E-state index contributed by atoms with van der Waals surface area (Å²) in [5.41, 5.74) is 0.592. The minimum Gasteiger partial charge on any atom is -0.467 e. The minimum atomic E-state index is -0.666. The maximum atomic E-state index is 12.9. The van der Waals surface area contributed by atoms with Crippen molar-refractivity contribution >= 4 is 41.2 Å². The molecule has 3 fully saturated rings. The molecule has 10 heteroatoms. The van der Waals surface area contributed by atoms with E-state index in [9.17, 15) is 14.4 Å². The van der Waals surface area contributed by atoms with Gasteiger partial charge in [-0.3, -0.25) is 4.79 Å². The van der Waals surface area contributed by atoms with Gasteiger partial charge in [0, 0.05) is 38.7 Å². The number of carbonyl (C=O) groups excluding carboxylic acids is 3. The number of ether oxygens (including phenoxy) is 2. The number of carbonyl (C=O) groups is 3. The first-order chi connectivity index (χ1) is 16.3. The van der Waals surface area contributed by atoms with Crippen LogP contribution in [-0.4, -0.2) is 85.1 Å². The van der Waals surface area contributed by atoms with E-state index in [2.05, 4.69) is 4.90 Å². The van der Waals surface area contributed by atoms with E-state index < -0.39 is 18.1 Å². The molecule has 4 rings (SSSR count). The molecule has 2 amide bonds. The van der Waals surface area contributed by atoms with Gasteiger partial charge in [-0.25, -0.2) is 9.59 Å². The monoisotopic (exact) mass is 511 g/mol. The average molecular weight is 512 g/mol. The molecule has 186 valence electrons. The van der Waals surface area contributed by atoms with Crippen LogP contribution >= 0.6 is 23.2 Å². The third-order valence-electron chi connectivity index (χ3n) is 7.32. The van der Waals surface area contributed by atoms with E-state index in [0.717, 1.165) is 19.6 Å². The van der Waals surface area contributed by atoms with Crippen LogP contribution in [0.25, 0.3) is 0 Å². The van der Waals surface area contributed by atoms with E-state index in [-0.39, 0.29) is 42.7 Å². The second kappa shape index (κ2) is 10.7. The molecule has 1 aromatic rings. The van der Waals surface area contributed by atoms with E-state index in [0.29, 0.717) is 16.9 Å². The summed E-state index contributed by atoms with van der Waals surface area (Å²) in [5.74, 6) is -0.319. The zero-order chi connectivity index (χ0) is 24.3. The second-order valence-corrected chi connectivity index (χ2v) is 10.3. The molecule has 2 aliphatic heterocycles. The van der Waals surface area contributed by atoms with Crippen LogP contribution in [0.1, 0.15) is 38.5 Å². The van der Waals surface area contributed by atoms with Gasteiger partial charge in [0.15, 0.2) is 0 Å². The Morgan fingerprint density at radius 3 is 2.41 bits per heavy atom. The smallest absolute Gasteiger partial charge is 0.415 e. The van der Waals surface area contributed by atoms with E-state index in [1.807, 2.05) is 0 Å². The number of hydrogen-bond acceptors (Lipinski definition) is 6. The lowest BCUT2D eigenvalue weighted by Crippen LogP contribution is -2.48. The average Bonchev–Trinajstić information content (AvgIpc) is 3.61. The van der Waals surface area contributed by atoms with Crippen molar-refractivity contribution in [2.45, 2.75) is 44.6 Å². The highest BCUT2D eigenvalue weighted by Gasteiger charge is 2.44. The molecular weight excluding hydrogens is 481 g/mol. The van der Waals surface area contributed by atoms with E-state index in [4.69, 9.17) is 32.7 Å². The van der Waals surface area contributed by atoms with Crippen molar-refractivity contribution in [3.05, 3.63) is 28.2 Å². The topological polar surface area (TPSA) is 79.4 Å². The first kappa shape index (κ1) is 25.1. The number of nitrogens with zero attached hydrogens (tertiary/aromatic N) is 3. The van der Waals surface area contributed by atoms with Gasteiger partial charge >= 0.3 is 12.1 Å². The van der Waals surface area contributed by atoms with Gasteiger partial charge in [-0.05, 0) is 62.7 Å². The van der Waals surface area contributed by atoms with Crippen LogP contribution in [-0.2, 0) is 14.3 Å². The van der Waals surface area contributed by atoms with Gasteiger partial charge < -0.3 is 24.2 Å². The van der Waals surface area contributed by atoms with E-state index >= 15 is 0 Å². The molecular formula is C24H31Cl2N3O5. The van der Waals surface area contributed by atoms with Gasteiger partial charge in [-0.15, -0.1) is 0 Å². The Morgan fingerprint density at radius 1 is 1.03 bits per heavy atom. The van der Waals surface area contributed by atoms with Crippen molar-refractivity contribution in [3.8, 4) is 5.75 Å². The third-order valence-corrected chi connectivity index (χ3v) is 8.06. The van der Waals surface area contributed by atoms with Crippen molar-refractivity contribution in [2.24, 2.45) is 5.41 Å². The molecule has 3 aliphatic rings. The predicted octanol–water partition coefficient (Wildman–Crippen LogP) is 3.83. The molecule has 1 aromatic carbocycles. The molecule has 2 saturated heterocycles. The number of piperidine rings is 1. The highest BCUT2D eigenvalue weighted by atomic mass is 35.5. The third kappa shape index (κ3) is 5.96. The molecule has 0 N–H and O–H groups in total. The molecule has 0 aromatic heterocycles. The van der Waals surface area contributed by atoms with Crippen molar-refractivity contribution in [1.29, 1.82) is 0 Å². The molecule has 1 atom stereocenters. The van der Waals surface area contributed by atoms with Crippen molar-refractivity contribution in [2.75, 3.05) is 46.4 Å². The van der Waals surface area contributed by atoms with Crippen LogP contribution in [0.2, 0.25) is 10.0 Å². The Balaban J connectivity index is 1.34. The highest BCUT2D eigenvalue weighted by molar-refractivity contribution is 6.42. The zero-order valence-electron chi connectivity index (χ0n) is 19.4. The molecule has 2 heterocycles. The minimum absolute atomic E-state index is 0.107. The van der Waals surface area contributed by atoms with Gasteiger partial charge in [0.2, 0.25) is 5.91 Å². The summed E-state index contributed by atoms with van der Waals surface area (Å²) in [7, 11) is 1.34. The molecule has 0 bridgehead atoms. The molecule has 34 heavy (non-hydrogen) atoms. The first-order valence-electron chi connectivity index (χ1n) is 11.8. The van der Waals surface area contributed by atoms with Gasteiger partial charge in [-0.1, -0.05) is 23.2 Å². The quantitative estimate of drug-likeness (QED) is 0.540. The Hall–Kier alpha value is -2.03. The summed E-state index contributed by atoms with van der Waals surface area (Å²) in [6.07, 6.45) is 5.17. The maximum absolute atomic E-state index is 12.9. The lowest BCUT2D eigenvalue weighted by atomic mass is 9.93. The fourth-order valence-electron chi connectivity index (χ4n) is 4.83. The number of benzene rings is 1. The van der Waals surface area contributed by atoms with Crippen LogP contribution in [0.15, 0.2) is 18.2 Å². The fourth-order valence-corrected chi connectivity index (χ4v) is 5.11. The van der Waals surface area contributed by atoms with Crippen LogP contribution in [0.3, 0.4) is 0 Å². The summed E-state index contributed by atoms with van der Waals surface area (Å²) >= 11 is 11.9. The number of rotatable bonds is 6. The number of halogens is 2. The number of methoxy groups -OCH3 is 1. The summed E-state index contributed by atoms with van der Waals surface area (Å²) < 4.78 is 10.4. The number of amides is 2.